The summed E-state index contributed by atoms with van der Waals surface area (Å²) < 4.78 is 7.45. The van der Waals surface area contributed by atoms with Crippen LogP contribution in [0.15, 0.2) is 18.3 Å². The van der Waals surface area contributed by atoms with Crippen molar-refractivity contribution in [2.24, 2.45) is 7.05 Å². The first kappa shape index (κ1) is 17.5. The van der Waals surface area contributed by atoms with Gasteiger partial charge in [-0.25, -0.2) is 0 Å². The van der Waals surface area contributed by atoms with Crippen LogP contribution in [0.3, 0.4) is 0 Å². The fourth-order valence-electron chi connectivity index (χ4n) is 2.73. The number of morpholine rings is 1. The number of nitrogens with zero attached hydrogens (tertiary/aromatic N) is 2. The van der Waals surface area contributed by atoms with E-state index in [1.807, 2.05) is 43.8 Å². The fourth-order valence-corrected chi connectivity index (χ4v) is 2.73. The van der Waals surface area contributed by atoms with Gasteiger partial charge in [-0.05, 0) is 26.0 Å². The summed E-state index contributed by atoms with van der Waals surface area (Å²) in [5.41, 5.74) is 1.11. The Morgan fingerprint density at radius 3 is 2.52 bits per heavy atom. The molecule has 1 unspecified atom stereocenters. The van der Waals surface area contributed by atoms with E-state index in [-0.39, 0.29) is 12.1 Å². The van der Waals surface area contributed by atoms with Crippen LogP contribution in [0.4, 0.5) is 0 Å². The van der Waals surface area contributed by atoms with Gasteiger partial charge in [0.15, 0.2) is 0 Å². The highest BCUT2D eigenvalue weighted by atomic mass is 16.5. The van der Waals surface area contributed by atoms with Crippen LogP contribution in [0.1, 0.15) is 25.6 Å². The monoisotopic (exact) mass is 322 g/mol. The number of nitrogens with one attached hydrogen (secondary N) is 2. The van der Waals surface area contributed by atoms with Crippen LogP contribution < -0.4 is 10.6 Å². The Hall–Kier alpha value is -1.86. The minimum Gasteiger partial charge on any atom is -0.379 e. The van der Waals surface area contributed by atoms with Gasteiger partial charge in [0.2, 0.25) is 0 Å². The molecule has 2 amide bonds. The highest BCUT2D eigenvalue weighted by Crippen LogP contribution is 2.21. The van der Waals surface area contributed by atoms with Gasteiger partial charge in [-0.3, -0.25) is 14.5 Å². The summed E-state index contributed by atoms with van der Waals surface area (Å²) in [5, 5.41) is 5.36. The van der Waals surface area contributed by atoms with E-state index in [2.05, 4.69) is 15.5 Å². The lowest BCUT2D eigenvalue weighted by Gasteiger charge is -2.34. The molecule has 1 atom stereocenters. The number of carbonyl (C=O) groups excluding carboxylic acids is 2. The summed E-state index contributed by atoms with van der Waals surface area (Å²) in [6.07, 6.45) is 1.98. The number of aryl methyl sites for hydroxylation is 1. The van der Waals surface area contributed by atoms with E-state index in [9.17, 15) is 9.59 Å². The van der Waals surface area contributed by atoms with Crippen LogP contribution in [0.2, 0.25) is 0 Å². The second-order valence-electron chi connectivity index (χ2n) is 6.05. The SMILES string of the molecule is CC(C)NC(=O)C(=O)NCC(c1cccn1C)N1CCOCC1. The summed E-state index contributed by atoms with van der Waals surface area (Å²) in [5.74, 6) is -1.18. The first-order valence-corrected chi connectivity index (χ1v) is 8.00. The normalized spacial score (nSPS) is 17.0. The molecule has 2 rings (SSSR count). The van der Waals surface area contributed by atoms with E-state index in [1.165, 1.54) is 0 Å². The van der Waals surface area contributed by atoms with Crippen molar-refractivity contribution in [1.82, 2.24) is 20.1 Å². The molecular weight excluding hydrogens is 296 g/mol. The van der Waals surface area contributed by atoms with Gasteiger partial charge in [-0.15, -0.1) is 0 Å². The fraction of sp³-hybridized carbons (Fsp3) is 0.625. The maximum Gasteiger partial charge on any atom is 0.309 e. The van der Waals surface area contributed by atoms with E-state index >= 15 is 0 Å². The molecule has 7 heteroatoms. The van der Waals surface area contributed by atoms with Gasteiger partial charge in [0.1, 0.15) is 0 Å². The third-order valence-corrected chi connectivity index (χ3v) is 3.89. The number of amides is 2. The van der Waals surface area contributed by atoms with Crippen LogP contribution >= 0.6 is 0 Å². The standard InChI is InChI=1S/C16H26N4O3/c1-12(2)18-16(22)15(21)17-11-14(13-5-4-6-19(13)3)20-7-9-23-10-8-20/h4-6,12,14H,7-11H2,1-3H3,(H,17,21)(H,18,22). The molecule has 1 aromatic heterocycles. The molecule has 1 aromatic rings. The van der Waals surface area contributed by atoms with Crippen molar-refractivity contribution < 1.29 is 14.3 Å². The molecule has 0 saturated carbocycles. The largest absolute Gasteiger partial charge is 0.379 e. The zero-order valence-corrected chi connectivity index (χ0v) is 14.0. The highest BCUT2D eigenvalue weighted by Gasteiger charge is 2.26. The molecule has 128 valence electrons. The maximum atomic E-state index is 11.9. The third-order valence-electron chi connectivity index (χ3n) is 3.89. The van der Waals surface area contributed by atoms with E-state index in [0.717, 1.165) is 18.8 Å². The number of hydrogen-bond donors (Lipinski definition) is 2. The summed E-state index contributed by atoms with van der Waals surface area (Å²) in [6, 6.07) is 3.99. The topological polar surface area (TPSA) is 75.6 Å². The van der Waals surface area contributed by atoms with Crippen molar-refractivity contribution in [3.63, 3.8) is 0 Å². The molecule has 0 spiro atoms. The first-order chi connectivity index (χ1) is 11.0. The minimum absolute atomic E-state index is 0.0229. The minimum atomic E-state index is -0.592. The predicted octanol–water partition coefficient (Wildman–Crippen LogP) is 0.0392. The Morgan fingerprint density at radius 1 is 1.26 bits per heavy atom. The Kier molecular flexibility index (Phi) is 6.18. The Labute approximate surface area is 137 Å². The van der Waals surface area contributed by atoms with E-state index < -0.39 is 11.8 Å². The van der Waals surface area contributed by atoms with E-state index in [1.54, 1.807) is 0 Å². The first-order valence-electron chi connectivity index (χ1n) is 8.00. The van der Waals surface area contributed by atoms with Crippen molar-refractivity contribution in [3.8, 4) is 0 Å². The van der Waals surface area contributed by atoms with E-state index in [0.29, 0.717) is 19.8 Å². The average molecular weight is 322 g/mol. The van der Waals surface area contributed by atoms with Crippen LogP contribution in [-0.2, 0) is 21.4 Å². The molecule has 0 bridgehead atoms. The summed E-state index contributed by atoms with van der Waals surface area (Å²) in [6.45, 7) is 7.03. The zero-order valence-electron chi connectivity index (χ0n) is 14.0. The molecule has 0 radical (unpaired) electrons. The van der Waals surface area contributed by atoms with E-state index in [4.69, 9.17) is 4.74 Å². The quantitative estimate of drug-likeness (QED) is 0.751. The predicted molar refractivity (Wildman–Crippen MR) is 86.8 cm³/mol. The van der Waals surface area contributed by atoms with Crippen LogP contribution in [-0.4, -0.2) is 60.2 Å². The Balaban J connectivity index is 2.02. The smallest absolute Gasteiger partial charge is 0.309 e. The molecule has 1 aliphatic rings. The Bertz CT molecular complexity index is 535. The van der Waals surface area contributed by atoms with Gasteiger partial charge in [-0.1, -0.05) is 0 Å². The molecule has 1 fully saturated rings. The molecule has 7 nitrogen and oxygen atoms in total. The number of rotatable bonds is 5. The van der Waals surface area contributed by atoms with Crippen molar-refractivity contribution >= 4 is 11.8 Å². The lowest BCUT2D eigenvalue weighted by molar-refractivity contribution is -0.139. The van der Waals surface area contributed by atoms with Gasteiger partial charge in [0, 0.05) is 44.6 Å². The summed E-state index contributed by atoms with van der Waals surface area (Å²) >= 11 is 0. The van der Waals surface area contributed by atoms with Crippen molar-refractivity contribution in [2.75, 3.05) is 32.8 Å². The summed E-state index contributed by atoms with van der Waals surface area (Å²) in [4.78, 5) is 26.0. The second-order valence-corrected chi connectivity index (χ2v) is 6.05. The van der Waals surface area contributed by atoms with Crippen molar-refractivity contribution in [2.45, 2.75) is 25.9 Å². The summed E-state index contributed by atoms with van der Waals surface area (Å²) in [7, 11) is 1.98. The maximum absolute atomic E-state index is 11.9. The molecule has 0 aromatic carbocycles. The lowest BCUT2D eigenvalue weighted by atomic mass is 10.1. The number of hydrogen-bond acceptors (Lipinski definition) is 4. The molecule has 1 saturated heterocycles. The van der Waals surface area contributed by atoms with Gasteiger partial charge in [-0.2, -0.15) is 0 Å². The van der Waals surface area contributed by atoms with Gasteiger partial charge in [0.05, 0.1) is 19.3 Å². The van der Waals surface area contributed by atoms with Crippen LogP contribution in [0.5, 0.6) is 0 Å². The second kappa shape index (κ2) is 8.12. The third kappa shape index (κ3) is 4.80. The van der Waals surface area contributed by atoms with Crippen molar-refractivity contribution in [1.29, 1.82) is 0 Å². The number of carbonyl (C=O) groups is 2. The van der Waals surface area contributed by atoms with Crippen LogP contribution in [0, 0.1) is 0 Å². The number of aromatic nitrogens is 1. The van der Waals surface area contributed by atoms with Crippen LogP contribution in [0.25, 0.3) is 0 Å². The van der Waals surface area contributed by atoms with Gasteiger partial charge >= 0.3 is 11.8 Å². The molecule has 0 aliphatic carbocycles. The molecule has 23 heavy (non-hydrogen) atoms. The van der Waals surface area contributed by atoms with Gasteiger partial charge in [0.25, 0.3) is 0 Å². The molecule has 2 heterocycles. The Morgan fingerprint density at radius 2 is 1.96 bits per heavy atom. The molecular formula is C16H26N4O3. The van der Waals surface area contributed by atoms with Gasteiger partial charge < -0.3 is 19.9 Å². The molecule has 2 N–H and O–H groups in total. The number of ether oxygens (including phenoxy) is 1. The average Bonchev–Trinajstić information content (AvgIpc) is 2.94. The zero-order chi connectivity index (χ0) is 16.8. The molecule has 1 aliphatic heterocycles. The lowest BCUT2D eigenvalue weighted by Crippen LogP contribution is -2.48. The highest BCUT2D eigenvalue weighted by molar-refractivity contribution is 6.35. The van der Waals surface area contributed by atoms with Crippen molar-refractivity contribution in [3.05, 3.63) is 24.0 Å².